The summed E-state index contributed by atoms with van der Waals surface area (Å²) in [6.45, 7) is 6.69. The van der Waals surface area contributed by atoms with Crippen LogP contribution in [0.2, 0.25) is 0 Å². The van der Waals surface area contributed by atoms with Gasteiger partial charge in [-0.05, 0) is 49.6 Å². The van der Waals surface area contributed by atoms with Gasteiger partial charge < -0.3 is 10.6 Å². The molecule has 0 saturated heterocycles. The van der Waals surface area contributed by atoms with E-state index in [1.165, 1.54) is 11.9 Å². The number of hydrogen-bond acceptors (Lipinski definition) is 4. The van der Waals surface area contributed by atoms with Gasteiger partial charge in [-0.2, -0.15) is 0 Å². The van der Waals surface area contributed by atoms with Crippen LogP contribution in [0.1, 0.15) is 32.7 Å². The number of nitrogens with zero attached hydrogens (tertiary/aromatic N) is 2. The minimum absolute atomic E-state index is 0.254. The second-order valence-electron chi connectivity index (χ2n) is 6.46. The fourth-order valence-electron chi connectivity index (χ4n) is 2.72. The molecule has 26 heavy (non-hydrogen) atoms. The summed E-state index contributed by atoms with van der Waals surface area (Å²) in [5, 5.41) is 6.12. The third-order valence-corrected chi connectivity index (χ3v) is 3.97. The van der Waals surface area contributed by atoms with Gasteiger partial charge in [-0.25, -0.2) is 9.97 Å². The van der Waals surface area contributed by atoms with Crippen molar-refractivity contribution in [3.05, 3.63) is 82.8 Å². The van der Waals surface area contributed by atoms with Gasteiger partial charge >= 0.3 is 0 Å². The highest BCUT2D eigenvalue weighted by molar-refractivity contribution is 6.03. The van der Waals surface area contributed by atoms with E-state index < -0.39 is 0 Å². The Hall–Kier alpha value is -3.21. The van der Waals surface area contributed by atoms with E-state index in [9.17, 15) is 4.79 Å². The van der Waals surface area contributed by atoms with E-state index in [0.29, 0.717) is 18.1 Å². The molecule has 0 spiro atoms. The maximum atomic E-state index is 12.5. The number of benzene rings is 2. The molecule has 1 aromatic heterocycles. The highest BCUT2D eigenvalue weighted by atomic mass is 16.1. The van der Waals surface area contributed by atoms with Gasteiger partial charge in [0.1, 0.15) is 17.8 Å². The molecule has 1 amide bonds. The molecule has 5 heteroatoms. The molecule has 0 aliphatic rings. The van der Waals surface area contributed by atoms with Crippen molar-refractivity contribution in [2.24, 2.45) is 0 Å². The molecule has 0 aliphatic carbocycles. The molecule has 3 rings (SSSR count). The molecule has 2 aromatic carbocycles. The summed E-state index contributed by atoms with van der Waals surface area (Å²) in [7, 11) is 0. The van der Waals surface area contributed by atoms with Gasteiger partial charge in [0.15, 0.2) is 0 Å². The van der Waals surface area contributed by atoms with E-state index in [0.717, 1.165) is 22.4 Å². The molecule has 0 bridgehead atoms. The molecular weight excluding hydrogens is 324 g/mol. The normalized spacial score (nSPS) is 10.4. The number of rotatable bonds is 5. The lowest BCUT2D eigenvalue weighted by Crippen LogP contribution is -2.15. The third-order valence-electron chi connectivity index (χ3n) is 3.97. The maximum absolute atomic E-state index is 12.5. The second-order valence-corrected chi connectivity index (χ2v) is 6.46. The first kappa shape index (κ1) is 17.6. The van der Waals surface area contributed by atoms with Gasteiger partial charge in [-0.15, -0.1) is 0 Å². The number of carbonyl (C=O) groups is 1. The summed E-state index contributed by atoms with van der Waals surface area (Å²) in [5.74, 6) is 0.363. The van der Waals surface area contributed by atoms with Crippen molar-refractivity contribution in [2.45, 2.75) is 27.3 Å². The maximum Gasteiger partial charge on any atom is 0.274 e. The predicted molar refractivity (Wildman–Crippen MR) is 104 cm³/mol. The number of hydrogen-bond donors (Lipinski definition) is 2. The van der Waals surface area contributed by atoms with Crippen LogP contribution in [0.15, 0.2) is 54.9 Å². The monoisotopic (exact) mass is 346 g/mol. The average molecular weight is 346 g/mol. The quantitative estimate of drug-likeness (QED) is 0.724. The SMILES string of the molecule is Cc1ccc(CNc2cc(C(=O)Nc3cc(C)cc(C)c3)ncn2)cc1. The zero-order chi connectivity index (χ0) is 18.5. The lowest BCUT2D eigenvalue weighted by atomic mass is 10.1. The zero-order valence-corrected chi connectivity index (χ0v) is 15.2. The van der Waals surface area contributed by atoms with Crippen molar-refractivity contribution in [1.29, 1.82) is 0 Å². The Morgan fingerprint density at radius 3 is 2.27 bits per heavy atom. The van der Waals surface area contributed by atoms with Crippen molar-refractivity contribution < 1.29 is 4.79 Å². The molecule has 0 saturated carbocycles. The van der Waals surface area contributed by atoms with Crippen LogP contribution in [0.25, 0.3) is 0 Å². The Morgan fingerprint density at radius 1 is 0.885 bits per heavy atom. The van der Waals surface area contributed by atoms with Gasteiger partial charge in [0.25, 0.3) is 5.91 Å². The summed E-state index contributed by atoms with van der Waals surface area (Å²) in [6, 6.07) is 15.9. The first-order chi connectivity index (χ1) is 12.5. The van der Waals surface area contributed by atoms with Crippen molar-refractivity contribution in [3.8, 4) is 0 Å². The minimum atomic E-state index is -0.254. The molecule has 0 radical (unpaired) electrons. The largest absolute Gasteiger partial charge is 0.366 e. The third kappa shape index (κ3) is 4.66. The van der Waals surface area contributed by atoms with Crippen LogP contribution >= 0.6 is 0 Å². The Kier molecular flexibility index (Phi) is 5.27. The van der Waals surface area contributed by atoms with Crippen LogP contribution in [-0.4, -0.2) is 15.9 Å². The summed E-state index contributed by atoms with van der Waals surface area (Å²) in [4.78, 5) is 20.7. The van der Waals surface area contributed by atoms with Crippen molar-refractivity contribution in [3.63, 3.8) is 0 Å². The number of aryl methyl sites for hydroxylation is 3. The Labute approximate surface area is 153 Å². The van der Waals surface area contributed by atoms with Gasteiger partial charge in [0.2, 0.25) is 0 Å². The molecule has 0 fully saturated rings. The lowest BCUT2D eigenvalue weighted by molar-refractivity contribution is 0.102. The highest BCUT2D eigenvalue weighted by Crippen LogP contribution is 2.15. The Bertz CT molecular complexity index is 899. The summed E-state index contributed by atoms with van der Waals surface area (Å²) < 4.78 is 0. The van der Waals surface area contributed by atoms with Crippen LogP contribution in [0.5, 0.6) is 0 Å². The fourth-order valence-corrected chi connectivity index (χ4v) is 2.72. The van der Waals surface area contributed by atoms with E-state index in [4.69, 9.17) is 0 Å². The van der Waals surface area contributed by atoms with E-state index in [-0.39, 0.29) is 5.91 Å². The molecule has 0 unspecified atom stereocenters. The van der Waals surface area contributed by atoms with Crippen molar-refractivity contribution in [1.82, 2.24) is 9.97 Å². The smallest absolute Gasteiger partial charge is 0.274 e. The number of amides is 1. The topological polar surface area (TPSA) is 66.9 Å². The first-order valence-corrected chi connectivity index (χ1v) is 8.51. The molecule has 1 heterocycles. The van der Waals surface area contributed by atoms with Crippen molar-refractivity contribution >= 4 is 17.4 Å². The van der Waals surface area contributed by atoms with Gasteiger partial charge in [0, 0.05) is 18.3 Å². The van der Waals surface area contributed by atoms with Gasteiger partial charge in [-0.3, -0.25) is 4.79 Å². The van der Waals surface area contributed by atoms with Crippen LogP contribution < -0.4 is 10.6 Å². The molecule has 2 N–H and O–H groups in total. The molecule has 0 atom stereocenters. The zero-order valence-electron chi connectivity index (χ0n) is 15.2. The van der Waals surface area contributed by atoms with Crippen LogP contribution in [0, 0.1) is 20.8 Å². The van der Waals surface area contributed by atoms with E-state index in [2.05, 4.69) is 57.9 Å². The fraction of sp³-hybridized carbons (Fsp3) is 0.190. The number of nitrogens with one attached hydrogen (secondary N) is 2. The van der Waals surface area contributed by atoms with E-state index >= 15 is 0 Å². The average Bonchev–Trinajstić information content (AvgIpc) is 2.60. The van der Waals surface area contributed by atoms with E-state index in [1.807, 2.05) is 26.0 Å². The summed E-state index contributed by atoms with van der Waals surface area (Å²) >= 11 is 0. The summed E-state index contributed by atoms with van der Waals surface area (Å²) in [6.07, 6.45) is 1.40. The van der Waals surface area contributed by atoms with Crippen molar-refractivity contribution in [2.75, 3.05) is 10.6 Å². The number of anilines is 2. The number of carbonyl (C=O) groups excluding carboxylic acids is 1. The van der Waals surface area contributed by atoms with Gasteiger partial charge in [0.05, 0.1) is 0 Å². The van der Waals surface area contributed by atoms with E-state index in [1.54, 1.807) is 6.07 Å². The second kappa shape index (κ2) is 7.78. The number of aromatic nitrogens is 2. The minimum Gasteiger partial charge on any atom is -0.366 e. The predicted octanol–water partition coefficient (Wildman–Crippen LogP) is 4.27. The molecule has 3 aromatic rings. The van der Waals surface area contributed by atoms with Gasteiger partial charge in [-0.1, -0.05) is 35.9 Å². The van der Waals surface area contributed by atoms with Crippen LogP contribution in [-0.2, 0) is 6.54 Å². The van der Waals surface area contributed by atoms with Crippen LogP contribution in [0.4, 0.5) is 11.5 Å². The standard InChI is InChI=1S/C21H22N4O/c1-14-4-6-17(7-5-14)12-22-20-11-19(23-13-24-20)21(26)25-18-9-15(2)8-16(3)10-18/h4-11,13H,12H2,1-3H3,(H,25,26)(H,22,23,24). The first-order valence-electron chi connectivity index (χ1n) is 8.51. The Balaban J connectivity index is 1.67. The molecule has 132 valence electrons. The van der Waals surface area contributed by atoms with Crippen LogP contribution in [0.3, 0.4) is 0 Å². The molecular formula is C21H22N4O. The molecule has 0 aliphatic heterocycles. The highest BCUT2D eigenvalue weighted by Gasteiger charge is 2.10. The summed E-state index contributed by atoms with van der Waals surface area (Å²) in [5.41, 5.74) is 5.66. The molecule has 5 nitrogen and oxygen atoms in total. The lowest BCUT2D eigenvalue weighted by Gasteiger charge is -2.09. The Morgan fingerprint density at radius 2 is 1.58 bits per heavy atom.